The van der Waals surface area contributed by atoms with E-state index in [9.17, 15) is 0 Å². The maximum absolute atomic E-state index is 5.97. The average Bonchev–Trinajstić information content (AvgIpc) is 2.65. The summed E-state index contributed by atoms with van der Waals surface area (Å²) >= 11 is 0. The molecule has 1 fully saturated rings. The summed E-state index contributed by atoms with van der Waals surface area (Å²) in [7, 11) is 0. The molecule has 0 radical (unpaired) electrons. The molecule has 0 unspecified atom stereocenters. The Bertz CT molecular complexity index is 341. The fourth-order valence-electron chi connectivity index (χ4n) is 2.10. The number of benzene rings is 1. The van der Waals surface area contributed by atoms with Gasteiger partial charge in [-0.25, -0.2) is 0 Å². The van der Waals surface area contributed by atoms with Gasteiger partial charge < -0.3 is 16.4 Å². The van der Waals surface area contributed by atoms with Crippen molar-refractivity contribution in [3.05, 3.63) is 17.7 Å². The first-order chi connectivity index (χ1) is 6.70. The second-order valence-corrected chi connectivity index (χ2v) is 3.91. The van der Waals surface area contributed by atoms with Gasteiger partial charge in [0.25, 0.3) is 0 Å². The van der Waals surface area contributed by atoms with Crippen LogP contribution in [-0.2, 0) is 0 Å². The van der Waals surface area contributed by atoms with Gasteiger partial charge in [0.1, 0.15) is 0 Å². The van der Waals surface area contributed by atoms with E-state index in [4.69, 9.17) is 11.5 Å². The lowest BCUT2D eigenvalue weighted by atomic mass is 10.1. The van der Waals surface area contributed by atoms with Gasteiger partial charge in [0, 0.05) is 18.8 Å². The monoisotopic (exact) mass is 191 g/mol. The van der Waals surface area contributed by atoms with Gasteiger partial charge in [0.2, 0.25) is 0 Å². The molecule has 0 saturated carbocycles. The first-order valence-corrected chi connectivity index (χ1v) is 5.09. The van der Waals surface area contributed by atoms with E-state index in [1.807, 2.05) is 19.1 Å². The molecule has 0 aromatic heterocycles. The summed E-state index contributed by atoms with van der Waals surface area (Å²) in [6.07, 6.45) is 2.52. The summed E-state index contributed by atoms with van der Waals surface area (Å²) in [4.78, 5) is 2.33. The number of hydrogen-bond acceptors (Lipinski definition) is 3. The minimum atomic E-state index is 0.834. The molecule has 0 aliphatic carbocycles. The normalized spacial score (nSPS) is 16.2. The van der Waals surface area contributed by atoms with Crippen molar-refractivity contribution in [2.45, 2.75) is 19.8 Å². The molecule has 1 saturated heterocycles. The van der Waals surface area contributed by atoms with Crippen molar-refractivity contribution in [3.63, 3.8) is 0 Å². The molecule has 0 amide bonds. The van der Waals surface area contributed by atoms with Crippen LogP contribution in [0.5, 0.6) is 0 Å². The first-order valence-electron chi connectivity index (χ1n) is 5.09. The number of anilines is 3. The second-order valence-electron chi connectivity index (χ2n) is 3.91. The Hall–Kier alpha value is -1.38. The highest BCUT2D eigenvalue weighted by atomic mass is 15.2. The lowest BCUT2D eigenvalue weighted by Crippen LogP contribution is -2.20. The minimum Gasteiger partial charge on any atom is -0.398 e. The molecule has 1 aromatic rings. The largest absolute Gasteiger partial charge is 0.398 e. The van der Waals surface area contributed by atoms with Gasteiger partial charge in [-0.05, 0) is 37.5 Å². The zero-order chi connectivity index (χ0) is 10.1. The summed E-state index contributed by atoms with van der Waals surface area (Å²) in [5, 5.41) is 0. The third-order valence-electron chi connectivity index (χ3n) is 2.93. The van der Waals surface area contributed by atoms with E-state index in [1.54, 1.807) is 0 Å². The third-order valence-corrected chi connectivity index (χ3v) is 2.93. The van der Waals surface area contributed by atoms with Crippen LogP contribution in [0.25, 0.3) is 0 Å². The molecule has 3 heteroatoms. The molecule has 4 N–H and O–H groups in total. The second kappa shape index (κ2) is 3.40. The maximum atomic E-state index is 5.97. The van der Waals surface area contributed by atoms with Crippen LogP contribution in [0.1, 0.15) is 18.4 Å². The van der Waals surface area contributed by atoms with Gasteiger partial charge in [-0.15, -0.1) is 0 Å². The SMILES string of the molecule is Cc1c(N)ccc(N)c1N1CCCC1. The fourth-order valence-corrected chi connectivity index (χ4v) is 2.10. The maximum Gasteiger partial charge on any atom is 0.0650 e. The Morgan fingerprint density at radius 2 is 1.64 bits per heavy atom. The topological polar surface area (TPSA) is 55.3 Å². The summed E-state index contributed by atoms with van der Waals surface area (Å²) in [6.45, 7) is 4.25. The van der Waals surface area contributed by atoms with E-state index in [2.05, 4.69) is 4.90 Å². The molecule has 0 bridgehead atoms. The average molecular weight is 191 g/mol. The third kappa shape index (κ3) is 1.39. The quantitative estimate of drug-likeness (QED) is 0.665. The van der Waals surface area contributed by atoms with Crippen molar-refractivity contribution >= 4 is 17.1 Å². The molecule has 3 nitrogen and oxygen atoms in total. The van der Waals surface area contributed by atoms with E-state index < -0.39 is 0 Å². The molecular weight excluding hydrogens is 174 g/mol. The van der Waals surface area contributed by atoms with Crippen molar-refractivity contribution in [2.24, 2.45) is 0 Å². The molecule has 0 atom stereocenters. The highest BCUT2D eigenvalue weighted by Gasteiger charge is 2.17. The lowest BCUT2D eigenvalue weighted by molar-refractivity contribution is 0.949. The lowest BCUT2D eigenvalue weighted by Gasteiger charge is -2.22. The molecule has 1 aromatic carbocycles. The Morgan fingerprint density at radius 1 is 1.07 bits per heavy atom. The fraction of sp³-hybridized carbons (Fsp3) is 0.455. The molecule has 1 aliphatic rings. The number of hydrogen-bond donors (Lipinski definition) is 2. The van der Waals surface area contributed by atoms with E-state index in [-0.39, 0.29) is 0 Å². The number of rotatable bonds is 1. The van der Waals surface area contributed by atoms with Crippen molar-refractivity contribution in [1.82, 2.24) is 0 Å². The van der Waals surface area contributed by atoms with Crippen LogP contribution in [0.15, 0.2) is 12.1 Å². The van der Waals surface area contributed by atoms with Crippen molar-refractivity contribution in [1.29, 1.82) is 0 Å². The van der Waals surface area contributed by atoms with E-state index in [0.717, 1.165) is 35.7 Å². The Labute approximate surface area is 84.7 Å². The minimum absolute atomic E-state index is 0.834. The van der Waals surface area contributed by atoms with Crippen LogP contribution >= 0.6 is 0 Å². The van der Waals surface area contributed by atoms with Crippen LogP contribution in [0, 0.1) is 6.92 Å². The smallest absolute Gasteiger partial charge is 0.0650 e. The molecular formula is C11H17N3. The van der Waals surface area contributed by atoms with Gasteiger partial charge in [0.15, 0.2) is 0 Å². The summed E-state index contributed by atoms with van der Waals surface area (Å²) in [6, 6.07) is 3.78. The van der Waals surface area contributed by atoms with Crippen LogP contribution in [0.3, 0.4) is 0 Å². The zero-order valence-corrected chi connectivity index (χ0v) is 8.59. The predicted octanol–water partition coefficient (Wildman–Crippen LogP) is 1.76. The molecule has 14 heavy (non-hydrogen) atoms. The summed E-state index contributed by atoms with van der Waals surface area (Å²) in [5.74, 6) is 0. The molecule has 1 heterocycles. The molecule has 1 aliphatic heterocycles. The van der Waals surface area contributed by atoms with Crippen LogP contribution < -0.4 is 16.4 Å². The van der Waals surface area contributed by atoms with Crippen LogP contribution in [-0.4, -0.2) is 13.1 Å². The van der Waals surface area contributed by atoms with Gasteiger partial charge in [-0.3, -0.25) is 0 Å². The van der Waals surface area contributed by atoms with E-state index in [1.165, 1.54) is 12.8 Å². The Kier molecular flexibility index (Phi) is 2.23. The highest BCUT2D eigenvalue weighted by Crippen LogP contribution is 2.33. The summed E-state index contributed by atoms with van der Waals surface area (Å²) < 4.78 is 0. The van der Waals surface area contributed by atoms with Gasteiger partial charge >= 0.3 is 0 Å². The molecule has 76 valence electrons. The number of nitrogens with zero attached hydrogens (tertiary/aromatic N) is 1. The first kappa shape index (κ1) is 9.19. The Balaban J connectivity index is 2.44. The standard InChI is InChI=1S/C11H17N3/c1-8-9(12)4-5-10(13)11(8)14-6-2-3-7-14/h4-5H,2-3,6-7,12-13H2,1H3. The van der Waals surface area contributed by atoms with Gasteiger partial charge in [0.05, 0.1) is 11.4 Å². The van der Waals surface area contributed by atoms with Crippen LogP contribution in [0.2, 0.25) is 0 Å². The van der Waals surface area contributed by atoms with Gasteiger partial charge in [-0.2, -0.15) is 0 Å². The van der Waals surface area contributed by atoms with Crippen molar-refractivity contribution < 1.29 is 0 Å². The predicted molar refractivity (Wildman–Crippen MR) is 61.5 cm³/mol. The van der Waals surface area contributed by atoms with E-state index in [0.29, 0.717) is 0 Å². The highest BCUT2D eigenvalue weighted by molar-refractivity contribution is 5.77. The number of nitrogen functional groups attached to an aromatic ring is 2. The summed E-state index contributed by atoms with van der Waals surface area (Å²) in [5.41, 5.74) is 15.8. The molecule has 2 rings (SSSR count). The van der Waals surface area contributed by atoms with E-state index >= 15 is 0 Å². The van der Waals surface area contributed by atoms with Crippen molar-refractivity contribution in [3.8, 4) is 0 Å². The number of nitrogens with two attached hydrogens (primary N) is 2. The van der Waals surface area contributed by atoms with Gasteiger partial charge in [-0.1, -0.05) is 0 Å². The molecule has 0 spiro atoms. The van der Waals surface area contributed by atoms with Crippen LogP contribution in [0.4, 0.5) is 17.1 Å². The Morgan fingerprint density at radius 3 is 2.29 bits per heavy atom. The van der Waals surface area contributed by atoms with Crippen molar-refractivity contribution in [2.75, 3.05) is 29.5 Å². The zero-order valence-electron chi connectivity index (χ0n) is 8.59.